The first-order chi connectivity index (χ1) is 4.95. The second-order valence-corrected chi connectivity index (χ2v) is 3.28. The van der Waals surface area contributed by atoms with Gasteiger partial charge in [-0.15, -0.1) is 0 Å². The lowest BCUT2D eigenvalue weighted by Crippen LogP contribution is -2.24. The minimum absolute atomic E-state index is 0.220. The average Bonchev–Trinajstić information content (AvgIpc) is 1.89. The van der Waals surface area contributed by atoms with Gasteiger partial charge in [-0.1, -0.05) is 38.5 Å². The number of esters is 1. The summed E-state index contributed by atoms with van der Waals surface area (Å²) in [6, 6.07) is 0. The Morgan fingerprint density at radius 1 is 1.45 bits per heavy atom. The summed E-state index contributed by atoms with van der Waals surface area (Å²) in [7, 11) is 0. The smallest absolute Gasteiger partial charge is 0.317 e. The average molecular weight is 337 g/mol. The monoisotopic (exact) mass is 336 g/mol. The molecule has 0 bridgehead atoms. The number of carbonyl (C=O) groups excluding carboxylic acids is 1. The molecule has 0 heterocycles. The van der Waals surface area contributed by atoms with E-state index in [2.05, 4.69) is 38.5 Å². The molecule has 4 heteroatoms. The standard InChI is InChI=1S/C6H11BrO2.CH3I/c1-6(2,3)9-5(8)4-7;1-2/h4H2,1-3H3;1H3. The topological polar surface area (TPSA) is 26.3 Å². The fourth-order valence-electron chi connectivity index (χ4n) is 0.369. The molecule has 0 aromatic heterocycles. The molecule has 0 fully saturated rings. The van der Waals surface area contributed by atoms with Gasteiger partial charge in [0.2, 0.25) is 0 Å². The van der Waals surface area contributed by atoms with E-state index in [1.807, 2.05) is 25.7 Å². The van der Waals surface area contributed by atoms with Crippen molar-refractivity contribution in [3.05, 3.63) is 0 Å². The fourth-order valence-corrected chi connectivity index (χ4v) is 0.483. The van der Waals surface area contributed by atoms with Crippen LogP contribution in [0.1, 0.15) is 20.8 Å². The first kappa shape index (κ1) is 14.2. The van der Waals surface area contributed by atoms with Crippen LogP contribution in [-0.2, 0) is 9.53 Å². The molecule has 0 N–H and O–H groups in total. The lowest BCUT2D eigenvalue weighted by atomic mass is 10.2. The van der Waals surface area contributed by atoms with Crippen molar-refractivity contribution in [2.24, 2.45) is 0 Å². The first-order valence-corrected chi connectivity index (χ1v) is 6.39. The van der Waals surface area contributed by atoms with Crippen molar-refractivity contribution in [2.75, 3.05) is 10.3 Å². The van der Waals surface area contributed by atoms with Crippen LogP contribution in [0.2, 0.25) is 0 Å². The summed E-state index contributed by atoms with van der Waals surface area (Å²) in [5, 5.41) is 0.268. The SMILES string of the molecule is CC(C)(C)OC(=O)CBr.CI. The molecule has 0 spiro atoms. The van der Waals surface area contributed by atoms with Gasteiger partial charge in [-0.2, -0.15) is 0 Å². The predicted molar refractivity (Wildman–Crippen MR) is 59.6 cm³/mol. The summed E-state index contributed by atoms with van der Waals surface area (Å²) in [5.74, 6) is -0.220. The van der Waals surface area contributed by atoms with Gasteiger partial charge in [-0.25, -0.2) is 0 Å². The maximum atomic E-state index is 10.6. The quantitative estimate of drug-likeness (QED) is 0.418. The second-order valence-electron chi connectivity index (χ2n) is 2.72. The molecule has 0 radical (unpaired) electrons. The number of rotatable bonds is 1. The van der Waals surface area contributed by atoms with Crippen molar-refractivity contribution in [3.63, 3.8) is 0 Å². The van der Waals surface area contributed by atoms with Crippen molar-refractivity contribution in [3.8, 4) is 0 Å². The Kier molecular flexibility index (Phi) is 9.48. The van der Waals surface area contributed by atoms with Crippen molar-refractivity contribution in [1.29, 1.82) is 0 Å². The number of hydrogen-bond donors (Lipinski definition) is 0. The summed E-state index contributed by atoms with van der Waals surface area (Å²) < 4.78 is 4.90. The third-order valence-electron chi connectivity index (χ3n) is 0.529. The van der Waals surface area contributed by atoms with E-state index in [1.54, 1.807) is 0 Å². The van der Waals surface area contributed by atoms with Gasteiger partial charge < -0.3 is 4.74 Å². The molecule has 0 aliphatic carbocycles. The summed E-state index contributed by atoms with van der Waals surface area (Å²) in [4.78, 5) is 12.5. The van der Waals surface area contributed by atoms with E-state index in [0.29, 0.717) is 0 Å². The molecule has 0 atom stereocenters. The summed E-state index contributed by atoms with van der Waals surface area (Å²) >= 11 is 5.14. The molecule has 0 aliphatic rings. The van der Waals surface area contributed by atoms with Crippen molar-refractivity contribution in [1.82, 2.24) is 0 Å². The Hall–Kier alpha value is 0.680. The molecule has 68 valence electrons. The van der Waals surface area contributed by atoms with E-state index >= 15 is 0 Å². The number of carbonyl (C=O) groups is 1. The van der Waals surface area contributed by atoms with Crippen LogP contribution in [0.3, 0.4) is 0 Å². The van der Waals surface area contributed by atoms with E-state index in [9.17, 15) is 4.79 Å². The molecule has 0 saturated heterocycles. The van der Waals surface area contributed by atoms with Crippen LogP contribution in [0.25, 0.3) is 0 Å². The highest BCUT2D eigenvalue weighted by atomic mass is 127. The van der Waals surface area contributed by atoms with Gasteiger partial charge in [0.1, 0.15) is 10.9 Å². The van der Waals surface area contributed by atoms with Gasteiger partial charge in [-0.3, -0.25) is 4.79 Å². The largest absolute Gasteiger partial charge is 0.459 e. The third kappa shape index (κ3) is 13.6. The molecule has 0 aromatic rings. The number of alkyl halides is 2. The number of hydrogen-bond acceptors (Lipinski definition) is 2. The van der Waals surface area contributed by atoms with Crippen molar-refractivity contribution >= 4 is 44.5 Å². The predicted octanol–water partition coefficient (Wildman–Crippen LogP) is 2.77. The van der Waals surface area contributed by atoms with Gasteiger partial charge in [-0.05, 0) is 25.7 Å². The molecule has 0 aromatic carbocycles. The Bertz CT molecular complexity index is 109. The van der Waals surface area contributed by atoms with Crippen LogP contribution in [0.4, 0.5) is 0 Å². The molecule has 0 amide bonds. The molecule has 11 heavy (non-hydrogen) atoms. The van der Waals surface area contributed by atoms with Gasteiger partial charge in [0.15, 0.2) is 0 Å². The van der Waals surface area contributed by atoms with Crippen LogP contribution < -0.4 is 0 Å². The maximum Gasteiger partial charge on any atom is 0.317 e. The highest BCUT2D eigenvalue weighted by Gasteiger charge is 2.14. The summed E-state index contributed by atoms with van der Waals surface area (Å²) in [6.45, 7) is 5.52. The van der Waals surface area contributed by atoms with E-state index < -0.39 is 0 Å². The first-order valence-electron chi connectivity index (χ1n) is 3.11. The molecule has 0 saturated carbocycles. The van der Waals surface area contributed by atoms with Gasteiger partial charge >= 0.3 is 5.97 Å². The van der Waals surface area contributed by atoms with E-state index in [4.69, 9.17) is 4.74 Å². The van der Waals surface area contributed by atoms with Crippen molar-refractivity contribution in [2.45, 2.75) is 26.4 Å². The Balaban J connectivity index is 0. The minimum Gasteiger partial charge on any atom is -0.459 e. The molecular formula is C7H14BrIO2. The molecule has 0 unspecified atom stereocenters. The fraction of sp³-hybridized carbons (Fsp3) is 0.857. The van der Waals surface area contributed by atoms with Crippen LogP contribution in [0.5, 0.6) is 0 Å². The maximum absolute atomic E-state index is 10.6. The van der Waals surface area contributed by atoms with Crippen LogP contribution in [-0.4, -0.2) is 21.8 Å². The number of halogens is 2. The highest BCUT2D eigenvalue weighted by Crippen LogP contribution is 2.07. The van der Waals surface area contributed by atoms with E-state index in [-0.39, 0.29) is 16.9 Å². The minimum atomic E-state index is -0.356. The molecule has 2 nitrogen and oxygen atoms in total. The zero-order chi connectivity index (χ0) is 9.49. The van der Waals surface area contributed by atoms with Gasteiger partial charge in [0, 0.05) is 0 Å². The Morgan fingerprint density at radius 2 is 1.82 bits per heavy atom. The van der Waals surface area contributed by atoms with Gasteiger partial charge in [0.25, 0.3) is 0 Å². The Morgan fingerprint density at radius 3 is 1.91 bits per heavy atom. The van der Waals surface area contributed by atoms with E-state index in [0.717, 1.165) is 0 Å². The highest BCUT2D eigenvalue weighted by molar-refractivity contribution is 14.1. The Labute approximate surface area is 90.3 Å². The molecular weight excluding hydrogens is 323 g/mol. The van der Waals surface area contributed by atoms with Crippen LogP contribution in [0.15, 0.2) is 0 Å². The zero-order valence-electron chi connectivity index (χ0n) is 7.28. The molecule has 0 aliphatic heterocycles. The number of ether oxygens (including phenoxy) is 1. The van der Waals surface area contributed by atoms with Crippen molar-refractivity contribution < 1.29 is 9.53 Å². The third-order valence-corrected chi connectivity index (χ3v) is 0.987. The summed E-state index contributed by atoms with van der Waals surface area (Å²) in [6.07, 6.45) is 0. The van der Waals surface area contributed by atoms with E-state index in [1.165, 1.54) is 0 Å². The van der Waals surface area contributed by atoms with Crippen LogP contribution >= 0.6 is 38.5 Å². The second kappa shape index (κ2) is 7.34. The molecule has 0 rings (SSSR count). The lowest BCUT2D eigenvalue weighted by Gasteiger charge is -2.18. The lowest BCUT2D eigenvalue weighted by molar-refractivity contribution is -0.151. The summed E-state index contributed by atoms with van der Waals surface area (Å²) in [5.41, 5.74) is -0.356. The normalized spacial score (nSPS) is 9.64. The van der Waals surface area contributed by atoms with Gasteiger partial charge in [0.05, 0.1) is 0 Å². The van der Waals surface area contributed by atoms with Crippen LogP contribution in [0, 0.1) is 0 Å². The zero-order valence-corrected chi connectivity index (χ0v) is 11.0.